The first kappa shape index (κ1) is 17.7. The van der Waals surface area contributed by atoms with Crippen molar-refractivity contribution in [2.45, 2.75) is 11.7 Å². The van der Waals surface area contributed by atoms with Crippen LogP contribution >= 0.6 is 0 Å². The number of rotatable bonds is 5. The van der Waals surface area contributed by atoms with Gasteiger partial charge in [0.1, 0.15) is 11.5 Å². The fourth-order valence-electron chi connectivity index (χ4n) is 3.26. The Labute approximate surface area is 164 Å². The van der Waals surface area contributed by atoms with Crippen molar-refractivity contribution in [2.24, 2.45) is 0 Å². The van der Waals surface area contributed by atoms with Crippen LogP contribution in [0, 0.1) is 0 Å². The summed E-state index contributed by atoms with van der Waals surface area (Å²) in [6.07, 6.45) is 7.98. The Morgan fingerprint density at radius 3 is 1.71 bits per heavy atom. The van der Waals surface area contributed by atoms with E-state index in [4.69, 9.17) is 20.9 Å². The summed E-state index contributed by atoms with van der Waals surface area (Å²) >= 11 is 0. The molecular weight excluding hydrogens is 348 g/mol. The van der Waals surface area contributed by atoms with Crippen LogP contribution in [0.2, 0.25) is 0 Å². The first-order valence-corrected chi connectivity index (χ1v) is 9.15. The molecular formula is C24H22N2O2. The largest absolute Gasteiger partial charge is 0.448 e. The summed E-state index contributed by atoms with van der Waals surface area (Å²) in [5.74, 6) is 0.146. The highest BCUT2D eigenvalue weighted by atomic mass is 16.7. The predicted molar refractivity (Wildman–Crippen MR) is 113 cm³/mol. The standard InChI is InChI=1S/C24H22N2O2/c25-19-9-13-21(14-10-19)27-24(28-22-15-11-20(26)12-16-22)17-5-4-8-23(24)18-6-2-1-3-7-18/h1-17,23H,25-26H2. The second kappa shape index (κ2) is 7.53. The molecule has 3 aromatic rings. The lowest BCUT2D eigenvalue weighted by molar-refractivity contribution is -0.0826. The van der Waals surface area contributed by atoms with Crippen LogP contribution < -0.4 is 20.9 Å². The Morgan fingerprint density at radius 1 is 0.643 bits per heavy atom. The van der Waals surface area contributed by atoms with E-state index in [1.807, 2.05) is 85.0 Å². The van der Waals surface area contributed by atoms with E-state index >= 15 is 0 Å². The Balaban J connectivity index is 1.77. The van der Waals surface area contributed by atoms with Gasteiger partial charge in [-0.1, -0.05) is 48.6 Å². The molecule has 0 heterocycles. The molecule has 0 spiro atoms. The van der Waals surface area contributed by atoms with Crippen LogP contribution in [-0.4, -0.2) is 5.79 Å². The molecule has 0 radical (unpaired) electrons. The Kier molecular flexibility index (Phi) is 4.77. The fraction of sp³-hybridized carbons (Fsp3) is 0.0833. The van der Waals surface area contributed by atoms with Gasteiger partial charge in [-0.3, -0.25) is 0 Å². The molecule has 1 aliphatic rings. The maximum atomic E-state index is 6.45. The molecule has 0 amide bonds. The highest BCUT2D eigenvalue weighted by Gasteiger charge is 2.42. The van der Waals surface area contributed by atoms with Gasteiger partial charge in [-0.25, -0.2) is 0 Å². The van der Waals surface area contributed by atoms with Gasteiger partial charge in [-0.15, -0.1) is 0 Å². The summed E-state index contributed by atoms with van der Waals surface area (Å²) < 4.78 is 12.9. The zero-order chi connectivity index (χ0) is 19.4. The van der Waals surface area contributed by atoms with E-state index in [9.17, 15) is 0 Å². The first-order chi connectivity index (χ1) is 13.6. The number of nitrogen functional groups attached to an aromatic ring is 2. The van der Waals surface area contributed by atoms with Crippen LogP contribution in [-0.2, 0) is 0 Å². The highest BCUT2D eigenvalue weighted by Crippen LogP contribution is 2.39. The van der Waals surface area contributed by atoms with Crippen molar-refractivity contribution in [3.05, 3.63) is 109 Å². The number of hydrogen-bond donors (Lipinski definition) is 2. The van der Waals surface area contributed by atoms with E-state index in [0.29, 0.717) is 22.9 Å². The lowest BCUT2D eigenvalue weighted by Gasteiger charge is -2.39. The molecule has 0 aromatic heterocycles. The van der Waals surface area contributed by atoms with Gasteiger partial charge < -0.3 is 20.9 Å². The molecule has 1 unspecified atom stereocenters. The van der Waals surface area contributed by atoms with E-state index < -0.39 is 5.79 Å². The van der Waals surface area contributed by atoms with Crippen molar-refractivity contribution in [3.63, 3.8) is 0 Å². The van der Waals surface area contributed by atoms with Gasteiger partial charge in [0.25, 0.3) is 5.79 Å². The average molecular weight is 370 g/mol. The number of anilines is 2. The normalized spacial score (nSPS) is 17.2. The van der Waals surface area contributed by atoms with Gasteiger partial charge in [0.2, 0.25) is 0 Å². The lowest BCUT2D eigenvalue weighted by atomic mass is 9.86. The second-order valence-electron chi connectivity index (χ2n) is 6.70. The maximum Gasteiger partial charge on any atom is 0.281 e. The summed E-state index contributed by atoms with van der Waals surface area (Å²) in [5, 5.41) is 0. The topological polar surface area (TPSA) is 70.5 Å². The van der Waals surface area contributed by atoms with Crippen molar-refractivity contribution in [2.75, 3.05) is 11.5 Å². The van der Waals surface area contributed by atoms with Crippen molar-refractivity contribution in [1.82, 2.24) is 0 Å². The Morgan fingerprint density at radius 2 is 1.18 bits per heavy atom. The zero-order valence-corrected chi connectivity index (χ0v) is 15.4. The van der Waals surface area contributed by atoms with Gasteiger partial charge in [-0.2, -0.15) is 0 Å². The van der Waals surface area contributed by atoms with Crippen molar-refractivity contribution < 1.29 is 9.47 Å². The van der Waals surface area contributed by atoms with Crippen LogP contribution in [0.5, 0.6) is 11.5 Å². The maximum absolute atomic E-state index is 6.45. The first-order valence-electron chi connectivity index (χ1n) is 9.15. The Bertz CT molecular complexity index is 930. The minimum atomic E-state index is -1.05. The van der Waals surface area contributed by atoms with E-state index in [2.05, 4.69) is 18.2 Å². The summed E-state index contributed by atoms with van der Waals surface area (Å²) in [7, 11) is 0. The molecule has 4 rings (SSSR count). The van der Waals surface area contributed by atoms with Gasteiger partial charge >= 0.3 is 0 Å². The third-order valence-electron chi connectivity index (χ3n) is 4.65. The third-order valence-corrected chi connectivity index (χ3v) is 4.65. The SMILES string of the molecule is Nc1ccc(OC2(Oc3ccc(N)cc3)C=CC=CC2c2ccccc2)cc1. The predicted octanol–water partition coefficient (Wildman–Crippen LogP) is 4.91. The number of ether oxygens (including phenoxy) is 2. The van der Waals surface area contributed by atoms with Crippen LogP contribution in [0.3, 0.4) is 0 Å². The second-order valence-corrected chi connectivity index (χ2v) is 6.70. The van der Waals surface area contributed by atoms with Gasteiger partial charge in [0.15, 0.2) is 0 Å². The molecule has 1 aliphatic carbocycles. The van der Waals surface area contributed by atoms with E-state index in [0.717, 1.165) is 5.56 Å². The van der Waals surface area contributed by atoms with Crippen molar-refractivity contribution in [1.29, 1.82) is 0 Å². The molecule has 0 bridgehead atoms. The summed E-state index contributed by atoms with van der Waals surface area (Å²) in [4.78, 5) is 0. The van der Waals surface area contributed by atoms with Crippen LogP contribution in [0.15, 0.2) is 103 Å². The average Bonchev–Trinajstić information content (AvgIpc) is 2.73. The molecule has 0 saturated heterocycles. The smallest absolute Gasteiger partial charge is 0.281 e. The minimum absolute atomic E-state index is 0.145. The van der Waals surface area contributed by atoms with Crippen LogP contribution in [0.25, 0.3) is 0 Å². The van der Waals surface area contributed by atoms with Gasteiger partial charge in [0.05, 0.1) is 5.92 Å². The third kappa shape index (κ3) is 3.71. The molecule has 0 saturated carbocycles. The van der Waals surface area contributed by atoms with Gasteiger partial charge in [0, 0.05) is 17.5 Å². The summed E-state index contributed by atoms with van der Waals surface area (Å²) in [6, 6.07) is 24.8. The molecule has 3 aromatic carbocycles. The molecule has 28 heavy (non-hydrogen) atoms. The van der Waals surface area contributed by atoms with Crippen molar-refractivity contribution >= 4 is 11.4 Å². The zero-order valence-electron chi connectivity index (χ0n) is 15.4. The fourth-order valence-corrected chi connectivity index (χ4v) is 3.26. The molecule has 1 atom stereocenters. The molecule has 140 valence electrons. The molecule has 4 nitrogen and oxygen atoms in total. The molecule has 0 fully saturated rings. The monoisotopic (exact) mass is 370 g/mol. The quantitative estimate of drug-likeness (QED) is 0.494. The summed E-state index contributed by atoms with van der Waals surface area (Å²) in [5.41, 5.74) is 14.1. The highest BCUT2D eigenvalue weighted by molar-refractivity contribution is 5.45. The van der Waals surface area contributed by atoms with E-state index in [1.165, 1.54) is 0 Å². The van der Waals surface area contributed by atoms with Crippen LogP contribution in [0.1, 0.15) is 11.5 Å². The molecule has 4 heteroatoms. The van der Waals surface area contributed by atoms with E-state index in [1.54, 1.807) is 0 Å². The number of benzene rings is 3. The van der Waals surface area contributed by atoms with E-state index in [-0.39, 0.29) is 5.92 Å². The van der Waals surface area contributed by atoms with Gasteiger partial charge in [-0.05, 0) is 54.1 Å². The lowest BCUT2D eigenvalue weighted by Crippen LogP contribution is -2.46. The van der Waals surface area contributed by atoms with Crippen molar-refractivity contribution in [3.8, 4) is 11.5 Å². The molecule has 0 aliphatic heterocycles. The van der Waals surface area contributed by atoms with Crippen LogP contribution in [0.4, 0.5) is 11.4 Å². The number of hydrogen-bond acceptors (Lipinski definition) is 4. The number of allylic oxidation sites excluding steroid dienone is 2. The summed E-state index contributed by atoms with van der Waals surface area (Å²) in [6.45, 7) is 0. The Hall–Kier alpha value is -3.66. The molecule has 4 N–H and O–H groups in total. The number of nitrogens with two attached hydrogens (primary N) is 2. The minimum Gasteiger partial charge on any atom is -0.448 e.